The second kappa shape index (κ2) is 15.1. The molecule has 2 nitrogen and oxygen atoms in total. The topological polar surface area (TPSA) is 16.4 Å². The first-order valence-electron chi connectivity index (χ1n) is 20.5. The van der Waals surface area contributed by atoms with Crippen LogP contribution in [0.5, 0.6) is 0 Å². The second-order valence-electron chi connectivity index (χ2n) is 15.2. The van der Waals surface area contributed by atoms with Crippen LogP contribution in [-0.2, 0) is 0 Å². The zero-order chi connectivity index (χ0) is 39.8. The van der Waals surface area contributed by atoms with Gasteiger partial charge in [-0.3, -0.25) is 0 Å². The Morgan fingerprint density at radius 2 is 0.783 bits per heavy atom. The number of benzene rings is 10. The summed E-state index contributed by atoms with van der Waals surface area (Å²) in [5, 5.41) is 4.75. The van der Waals surface area contributed by atoms with Gasteiger partial charge >= 0.3 is 0 Å². The molecule has 10 aromatic carbocycles. The lowest BCUT2D eigenvalue weighted by Crippen LogP contribution is -2.11. The highest BCUT2D eigenvalue weighted by Gasteiger charge is 2.21. The Kier molecular flexibility index (Phi) is 8.87. The molecule has 282 valence electrons. The van der Waals surface area contributed by atoms with Crippen LogP contribution in [0.15, 0.2) is 241 Å². The van der Waals surface area contributed by atoms with Crippen molar-refractivity contribution in [3.05, 3.63) is 237 Å². The van der Waals surface area contributed by atoms with Crippen LogP contribution in [0.25, 0.3) is 88.3 Å². The number of furan rings is 1. The lowest BCUT2D eigenvalue weighted by molar-refractivity contribution is 0.669. The van der Waals surface area contributed by atoms with E-state index in [1.807, 2.05) is 12.1 Å². The molecule has 1 aromatic heterocycles. The van der Waals surface area contributed by atoms with Crippen molar-refractivity contribution in [2.75, 3.05) is 4.90 Å². The fourth-order valence-corrected chi connectivity index (χ4v) is 8.84. The molecule has 60 heavy (non-hydrogen) atoms. The summed E-state index contributed by atoms with van der Waals surface area (Å²) in [5.74, 6) is 0. The first-order valence-corrected chi connectivity index (χ1v) is 20.5. The summed E-state index contributed by atoms with van der Waals surface area (Å²) in [7, 11) is 0. The predicted molar refractivity (Wildman–Crippen MR) is 253 cm³/mol. The summed E-state index contributed by atoms with van der Waals surface area (Å²) in [6.07, 6.45) is 0. The van der Waals surface area contributed by atoms with E-state index in [1.165, 1.54) is 49.7 Å². The second-order valence-corrected chi connectivity index (χ2v) is 15.2. The molecule has 0 N–H and O–H groups in total. The highest BCUT2D eigenvalue weighted by Crippen LogP contribution is 2.46. The van der Waals surface area contributed by atoms with Gasteiger partial charge in [0.15, 0.2) is 0 Å². The van der Waals surface area contributed by atoms with Gasteiger partial charge in [-0.2, -0.15) is 0 Å². The molecule has 0 fully saturated rings. The van der Waals surface area contributed by atoms with E-state index in [0.29, 0.717) is 0 Å². The van der Waals surface area contributed by atoms with Gasteiger partial charge in [0.1, 0.15) is 11.2 Å². The number of hydrogen-bond donors (Lipinski definition) is 0. The Balaban J connectivity index is 1.06. The Morgan fingerprint density at radius 3 is 1.53 bits per heavy atom. The molecule has 0 amide bonds. The van der Waals surface area contributed by atoms with Crippen LogP contribution in [-0.4, -0.2) is 0 Å². The minimum Gasteiger partial charge on any atom is -0.456 e. The van der Waals surface area contributed by atoms with E-state index in [1.54, 1.807) is 0 Å². The SMILES string of the molecule is c1ccc(-c2ccccc2-c2ccccc2-c2ccccc2N(c2ccc(-c3ccc4ccccc4c3)cc2)c2ccc(-c3cccc4oc5ccccc5c34)cc2)cc1. The molecule has 0 aliphatic carbocycles. The van der Waals surface area contributed by atoms with Gasteiger partial charge in [-0.05, 0) is 109 Å². The standard InChI is InChI=1S/C58H39NO/c1-2-16-42(17-3-1)48-19-6-7-20-50(48)51-21-8-9-22-52(51)53-23-10-12-26-55(53)59(46-35-31-41(32-36-46)45-30-29-40-15-4-5-18-44(40)39-45)47-37-33-43(34-38-47)49-25-14-28-57-58(49)54-24-11-13-27-56(54)60-57/h1-39H. The van der Waals surface area contributed by atoms with Gasteiger partial charge in [0, 0.05) is 27.7 Å². The molecule has 0 saturated carbocycles. The fourth-order valence-electron chi connectivity index (χ4n) is 8.84. The Labute approximate surface area is 349 Å². The van der Waals surface area contributed by atoms with Crippen LogP contribution < -0.4 is 4.90 Å². The lowest BCUT2D eigenvalue weighted by atomic mass is 9.88. The summed E-state index contributed by atoms with van der Waals surface area (Å²) in [5.41, 5.74) is 16.8. The summed E-state index contributed by atoms with van der Waals surface area (Å²) in [6, 6.07) is 84.9. The largest absolute Gasteiger partial charge is 0.456 e. The van der Waals surface area contributed by atoms with Gasteiger partial charge in [-0.15, -0.1) is 0 Å². The van der Waals surface area contributed by atoms with Crippen molar-refractivity contribution >= 4 is 49.8 Å². The first-order chi connectivity index (χ1) is 29.8. The van der Waals surface area contributed by atoms with Crippen LogP contribution in [0.1, 0.15) is 0 Å². The molecule has 0 atom stereocenters. The number of rotatable bonds is 8. The van der Waals surface area contributed by atoms with Gasteiger partial charge in [0.05, 0.1) is 5.69 Å². The van der Waals surface area contributed by atoms with E-state index in [9.17, 15) is 0 Å². The Hall–Kier alpha value is -7.94. The van der Waals surface area contributed by atoms with Crippen molar-refractivity contribution in [1.29, 1.82) is 0 Å². The third-order valence-corrected chi connectivity index (χ3v) is 11.7. The van der Waals surface area contributed by atoms with Crippen molar-refractivity contribution < 1.29 is 4.42 Å². The van der Waals surface area contributed by atoms with E-state index in [0.717, 1.165) is 55.7 Å². The summed E-state index contributed by atoms with van der Waals surface area (Å²) in [6.45, 7) is 0. The first kappa shape index (κ1) is 35.2. The average Bonchev–Trinajstić information content (AvgIpc) is 3.72. The quantitative estimate of drug-likeness (QED) is 0.153. The monoisotopic (exact) mass is 765 g/mol. The average molecular weight is 766 g/mol. The number of para-hydroxylation sites is 2. The number of nitrogens with zero attached hydrogens (tertiary/aromatic N) is 1. The van der Waals surface area contributed by atoms with E-state index in [-0.39, 0.29) is 0 Å². The van der Waals surface area contributed by atoms with E-state index in [2.05, 4.69) is 229 Å². The molecular formula is C58H39NO. The zero-order valence-electron chi connectivity index (χ0n) is 32.9. The summed E-state index contributed by atoms with van der Waals surface area (Å²) >= 11 is 0. The van der Waals surface area contributed by atoms with Gasteiger partial charge in [-0.25, -0.2) is 0 Å². The molecule has 2 heteroatoms. The highest BCUT2D eigenvalue weighted by atomic mass is 16.3. The van der Waals surface area contributed by atoms with E-state index in [4.69, 9.17) is 4.42 Å². The zero-order valence-corrected chi connectivity index (χ0v) is 32.9. The Morgan fingerprint density at radius 1 is 0.283 bits per heavy atom. The molecule has 0 aliphatic rings. The molecule has 0 radical (unpaired) electrons. The maximum absolute atomic E-state index is 6.28. The van der Waals surface area contributed by atoms with Gasteiger partial charge in [0.2, 0.25) is 0 Å². The molecule has 0 saturated heterocycles. The minimum atomic E-state index is 0.896. The summed E-state index contributed by atoms with van der Waals surface area (Å²) < 4.78 is 6.28. The number of fused-ring (bicyclic) bond motifs is 4. The van der Waals surface area contributed by atoms with Crippen molar-refractivity contribution in [2.45, 2.75) is 0 Å². The molecule has 0 unspecified atom stereocenters. The highest BCUT2D eigenvalue weighted by molar-refractivity contribution is 6.12. The third kappa shape index (κ3) is 6.32. The van der Waals surface area contributed by atoms with Gasteiger partial charge in [-0.1, -0.05) is 188 Å². The van der Waals surface area contributed by atoms with Crippen molar-refractivity contribution in [3.8, 4) is 55.6 Å². The minimum absolute atomic E-state index is 0.896. The maximum atomic E-state index is 6.28. The van der Waals surface area contributed by atoms with Crippen LogP contribution in [0, 0.1) is 0 Å². The van der Waals surface area contributed by atoms with Gasteiger partial charge < -0.3 is 9.32 Å². The Bertz CT molecular complexity index is 3310. The molecule has 11 rings (SSSR count). The normalized spacial score (nSPS) is 11.3. The molecule has 0 spiro atoms. The van der Waals surface area contributed by atoms with Crippen molar-refractivity contribution in [1.82, 2.24) is 0 Å². The van der Waals surface area contributed by atoms with Crippen molar-refractivity contribution in [2.24, 2.45) is 0 Å². The number of anilines is 3. The molecule has 11 aromatic rings. The third-order valence-electron chi connectivity index (χ3n) is 11.7. The molecule has 0 aliphatic heterocycles. The number of hydrogen-bond acceptors (Lipinski definition) is 2. The molecule has 0 bridgehead atoms. The summed E-state index contributed by atoms with van der Waals surface area (Å²) in [4.78, 5) is 2.40. The van der Waals surface area contributed by atoms with Gasteiger partial charge in [0.25, 0.3) is 0 Å². The maximum Gasteiger partial charge on any atom is 0.136 e. The predicted octanol–water partition coefficient (Wildman–Crippen LogP) is 16.5. The van der Waals surface area contributed by atoms with Crippen molar-refractivity contribution in [3.63, 3.8) is 0 Å². The fraction of sp³-hybridized carbons (Fsp3) is 0. The van der Waals surface area contributed by atoms with Crippen LogP contribution in [0.4, 0.5) is 17.1 Å². The smallest absolute Gasteiger partial charge is 0.136 e. The van der Waals surface area contributed by atoms with E-state index >= 15 is 0 Å². The molecular weight excluding hydrogens is 727 g/mol. The van der Waals surface area contributed by atoms with E-state index < -0.39 is 0 Å². The van der Waals surface area contributed by atoms with Crippen LogP contribution >= 0.6 is 0 Å². The van der Waals surface area contributed by atoms with Crippen LogP contribution in [0.2, 0.25) is 0 Å². The van der Waals surface area contributed by atoms with Crippen LogP contribution in [0.3, 0.4) is 0 Å². The lowest BCUT2D eigenvalue weighted by Gasteiger charge is -2.29. The molecule has 1 heterocycles.